The summed E-state index contributed by atoms with van der Waals surface area (Å²) in [6.45, 7) is 5.74. The van der Waals surface area contributed by atoms with Crippen LogP contribution in [0.1, 0.15) is 22.3 Å². The summed E-state index contributed by atoms with van der Waals surface area (Å²) < 4.78 is 13.1. The van der Waals surface area contributed by atoms with Gasteiger partial charge in [-0.15, -0.1) is 0 Å². The summed E-state index contributed by atoms with van der Waals surface area (Å²) in [5.74, 6) is -1.99. The van der Waals surface area contributed by atoms with Gasteiger partial charge >= 0.3 is 6.03 Å². The topological polar surface area (TPSA) is 66.5 Å². The zero-order valence-electron chi connectivity index (χ0n) is 14.6. The molecule has 2 aromatic carbocycles. The van der Waals surface area contributed by atoms with Crippen molar-refractivity contribution >= 4 is 29.6 Å². The van der Waals surface area contributed by atoms with E-state index in [1.807, 2.05) is 32.9 Å². The van der Waals surface area contributed by atoms with Crippen molar-refractivity contribution in [2.24, 2.45) is 0 Å². The number of carbonyl (C=O) groups excluding carboxylic acids is 3. The van der Waals surface area contributed by atoms with E-state index in [9.17, 15) is 18.8 Å². The van der Waals surface area contributed by atoms with Crippen molar-refractivity contribution in [3.63, 3.8) is 0 Å². The maximum absolute atomic E-state index is 13.1. The van der Waals surface area contributed by atoms with Gasteiger partial charge in [-0.3, -0.25) is 14.9 Å². The van der Waals surface area contributed by atoms with Crippen LogP contribution in [0, 0.1) is 26.6 Å². The maximum Gasteiger partial charge on any atom is 0.335 e. The first kappa shape index (κ1) is 17.5. The molecule has 0 spiro atoms. The van der Waals surface area contributed by atoms with Crippen LogP contribution in [0.15, 0.2) is 42.0 Å². The number of urea groups is 1. The van der Waals surface area contributed by atoms with Crippen molar-refractivity contribution in [1.82, 2.24) is 5.32 Å². The monoisotopic (exact) mass is 352 g/mol. The van der Waals surface area contributed by atoms with Crippen LogP contribution in [0.4, 0.5) is 14.9 Å². The van der Waals surface area contributed by atoms with E-state index in [1.54, 1.807) is 0 Å². The highest BCUT2D eigenvalue weighted by Crippen LogP contribution is 2.24. The van der Waals surface area contributed by atoms with E-state index in [1.165, 1.54) is 18.2 Å². The Morgan fingerprint density at radius 1 is 0.962 bits per heavy atom. The van der Waals surface area contributed by atoms with Crippen molar-refractivity contribution in [2.75, 3.05) is 4.90 Å². The first-order valence-electron chi connectivity index (χ1n) is 8.03. The molecule has 1 aliphatic rings. The number of anilines is 1. The number of hydrogen-bond donors (Lipinski definition) is 1. The summed E-state index contributed by atoms with van der Waals surface area (Å²) in [5, 5.41) is 2.16. The average Bonchev–Trinajstić information content (AvgIpc) is 2.54. The zero-order chi connectivity index (χ0) is 19.0. The Bertz CT molecular complexity index is 939. The molecule has 0 aromatic heterocycles. The standard InChI is InChI=1S/C20H17FN2O3/c1-11-8-12(2)16(13(3)9-11)10-17-18(24)22-20(26)23(19(17)25)15-6-4-14(21)5-7-15/h4-10H,1-3H3,(H,22,24,26)/b17-10+. The summed E-state index contributed by atoms with van der Waals surface area (Å²) in [6, 6.07) is 7.95. The summed E-state index contributed by atoms with van der Waals surface area (Å²) in [6.07, 6.45) is 1.49. The van der Waals surface area contributed by atoms with Gasteiger partial charge < -0.3 is 0 Å². The quantitative estimate of drug-likeness (QED) is 0.665. The van der Waals surface area contributed by atoms with Crippen LogP contribution in [-0.4, -0.2) is 17.8 Å². The number of halogens is 1. The molecule has 4 amide bonds. The number of imide groups is 2. The summed E-state index contributed by atoms with van der Waals surface area (Å²) >= 11 is 0. The molecular formula is C20H17FN2O3. The lowest BCUT2D eigenvalue weighted by atomic mass is 9.97. The molecule has 2 aromatic rings. The molecule has 1 saturated heterocycles. The van der Waals surface area contributed by atoms with Gasteiger partial charge in [-0.25, -0.2) is 14.1 Å². The Morgan fingerprint density at radius 2 is 1.54 bits per heavy atom. The van der Waals surface area contributed by atoms with Crippen LogP contribution in [0.3, 0.4) is 0 Å². The van der Waals surface area contributed by atoms with Gasteiger partial charge in [0.2, 0.25) is 0 Å². The Kier molecular flexibility index (Phi) is 4.42. The SMILES string of the molecule is Cc1cc(C)c(/C=C2\C(=O)NC(=O)N(c3ccc(F)cc3)C2=O)c(C)c1. The fourth-order valence-corrected chi connectivity index (χ4v) is 3.05. The average molecular weight is 352 g/mol. The molecule has 0 bridgehead atoms. The lowest BCUT2D eigenvalue weighted by molar-refractivity contribution is -0.122. The fourth-order valence-electron chi connectivity index (χ4n) is 3.05. The number of rotatable bonds is 2. The Balaban J connectivity index is 2.07. The van der Waals surface area contributed by atoms with Crippen molar-refractivity contribution in [1.29, 1.82) is 0 Å². The Morgan fingerprint density at radius 3 is 2.12 bits per heavy atom. The van der Waals surface area contributed by atoms with Crippen molar-refractivity contribution in [2.45, 2.75) is 20.8 Å². The molecule has 0 aliphatic carbocycles. The third kappa shape index (κ3) is 3.13. The van der Waals surface area contributed by atoms with E-state index >= 15 is 0 Å². The molecule has 1 aliphatic heterocycles. The lowest BCUT2D eigenvalue weighted by Gasteiger charge is -2.26. The van der Waals surface area contributed by atoms with Gasteiger partial charge in [-0.1, -0.05) is 17.7 Å². The van der Waals surface area contributed by atoms with Crippen LogP contribution in [-0.2, 0) is 9.59 Å². The van der Waals surface area contributed by atoms with Gasteiger partial charge in [0.15, 0.2) is 0 Å². The number of barbiturate groups is 1. The van der Waals surface area contributed by atoms with E-state index in [0.717, 1.165) is 39.3 Å². The van der Waals surface area contributed by atoms with Crippen LogP contribution in [0.2, 0.25) is 0 Å². The minimum atomic E-state index is -0.860. The number of nitrogens with zero attached hydrogens (tertiary/aromatic N) is 1. The molecule has 0 unspecified atom stereocenters. The van der Waals surface area contributed by atoms with Gasteiger partial charge in [0, 0.05) is 0 Å². The highest BCUT2D eigenvalue weighted by atomic mass is 19.1. The van der Waals surface area contributed by atoms with E-state index < -0.39 is 23.7 Å². The lowest BCUT2D eigenvalue weighted by Crippen LogP contribution is -2.54. The number of amides is 4. The van der Waals surface area contributed by atoms with E-state index in [4.69, 9.17) is 0 Å². The number of nitrogens with one attached hydrogen (secondary N) is 1. The van der Waals surface area contributed by atoms with E-state index in [0.29, 0.717) is 0 Å². The van der Waals surface area contributed by atoms with Gasteiger partial charge in [0.1, 0.15) is 11.4 Å². The van der Waals surface area contributed by atoms with E-state index in [-0.39, 0.29) is 11.3 Å². The molecular weight excluding hydrogens is 335 g/mol. The first-order valence-corrected chi connectivity index (χ1v) is 8.03. The second-order valence-corrected chi connectivity index (χ2v) is 6.25. The minimum absolute atomic E-state index is 0.149. The normalized spacial score (nSPS) is 16.2. The number of benzene rings is 2. The zero-order valence-corrected chi connectivity index (χ0v) is 14.6. The largest absolute Gasteiger partial charge is 0.335 e. The van der Waals surface area contributed by atoms with Gasteiger partial charge in [0.25, 0.3) is 11.8 Å². The molecule has 0 saturated carbocycles. The predicted molar refractivity (Wildman–Crippen MR) is 96.1 cm³/mol. The van der Waals surface area contributed by atoms with Crippen molar-refractivity contribution < 1.29 is 18.8 Å². The van der Waals surface area contributed by atoms with Crippen LogP contribution >= 0.6 is 0 Å². The molecule has 26 heavy (non-hydrogen) atoms. The van der Waals surface area contributed by atoms with Crippen LogP contribution in [0.25, 0.3) is 6.08 Å². The van der Waals surface area contributed by atoms with Gasteiger partial charge in [-0.2, -0.15) is 0 Å². The first-order chi connectivity index (χ1) is 12.3. The Hall–Kier alpha value is -3.28. The molecule has 6 heteroatoms. The molecule has 0 atom stereocenters. The molecule has 132 valence electrons. The highest BCUT2D eigenvalue weighted by Gasteiger charge is 2.36. The molecule has 1 fully saturated rings. The van der Waals surface area contributed by atoms with Gasteiger partial charge in [0.05, 0.1) is 5.69 Å². The van der Waals surface area contributed by atoms with Crippen LogP contribution in [0.5, 0.6) is 0 Å². The summed E-state index contributed by atoms with van der Waals surface area (Å²) in [5.41, 5.74) is 3.70. The second kappa shape index (κ2) is 6.55. The van der Waals surface area contributed by atoms with E-state index in [2.05, 4.69) is 5.32 Å². The van der Waals surface area contributed by atoms with Crippen molar-refractivity contribution in [3.05, 3.63) is 70.0 Å². The minimum Gasteiger partial charge on any atom is -0.273 e. The molecule has 0 radical (unpaired) electrons. The third-order valence-corrected chi connectivity index (χ3v) is 4.21. The maximum atomic E-state index is 13.1. The summed E-state index contributed by atoms with van der Waals surface area (Å²) in [4.78, 5) is 38.0. The second-order valence-electron chi connectivity index (χ2n) is 6.25. The molecule has 3 rings (SSSR count). The predicted octanol–water partition coefficient (Wildman–Crippen LogP) is 3.42. The van der Waals surface area contributed by atoms with Crippen LogP contribution < -0.4 is 10.2 Å². The molecule has 1 N–H and O–H groups in total. The highest BCUT2D eigenvalue weighted by molar-refractivity contribution is 6.39. The number of hydrogen-bond acceptors (Lipinski definition) is 3. The molecule has 1 heterocycles. The third-order valence-electron chi connectivity index (χ3n) is 4.21. The van der Waals surface area contributed by atoms with Gasteiger partial charge in [-0.05, 0) is 67.8 Å². The Labute approximate surface area is 150 Å². The fraction of sp³-hybridized carbons (Fsp3) is 0.150. The smallest absolute Gasteiger partial charge is 0.273 e. The molecule has 5 nitrogen and oxygen atoms in total. The van der Waals surface area contributed by atoms with Crippen molar-refractivity contribution in [3.8, 4) is 0 Å². The summed E-state index contributed by atoms with van der Waals surface area (Å²) in [7, 11) is 0. The number of aryl methyl sites for hydroxylation is 3. The number of carbonyl (C=O) groups is 3.